The molecule has 1 atom stereocenters. The Morgan fingerprint density at radius 2 is 2.15 bits per heavy atom. The van der Waals surface area contributed by atoms with E-state index in [9.17, 15) is 4.79 Å². The number of rotatable bonds is 5. The van der Waals surface area contributed by atoms with E-state index in [-0.39, 0.29) is 29.9 Å². The lowest BCUT2D eigenvalue weighted by atomic mass is 10.0. The number of halogens is 1. The van der Waals surface area contributed by atoms with Crippen molar-refractivity contribution in [2.45, 2.75) is 33.1 Å². The van der Waals surface area contributed by atoms with Gasteiger partial charge in [0, 0.05) is 45.8 Å². The van der Waals surface area contributed by atoms with E-state index in [0.29, 0.717) is 0 Å². The highest BCUT2D eigenvalue weighted by Crippen LogP contribution is 2.15. The molecule has 1 unspecified atom stereocenters. The first-order valence-electron chi connectivity index (χ1n) is 9.35. The van der Waals surface area contributed by atoms with E-state index in [4.69, 9.17) is 4.99 Å². The highest BCUT2D eigenvalue weighted by molar-refractivity contribution is 14.0. The number of carbonyl (C=O) groups excluding carboxylic acids is 1. The highest BCUT2D eigenvalue weighted by atomic mass is 127. The molecule has 2 rings (SSSR count). The van der Waals surface area contributed by atoms with E-state index in [0.717, 1.165) is 55.6 Å². The summed E-state index contributed by atoms with van der Waals surface area (Å²) >= 11 is 0. The zero-order valence-electron chi connectivity index (χ0n) is 16.5. The predicted molar refractivity (Wildman–Crippen MR) is 120 cm³/mol. The van der Waals surface area contributed by atoms with Gasteiger partial charge in [0.15, 0.2) is 5.96 Å². The lowest BCUT2D eigenvalue weighted by Gasteiger charge is -2.33. The number of hydrogen-bond donors (Lipinski definition) is 1. The topological polar surface area (TPSA) is 47.9 Å². The van der Waals surface area contributed by atoms with Crippen molar-refractivity contribution in [1.82, 2.24) is 15.1 Å². The molecule has 146 valence electrons. The molecular weight excluding hydrogens is 439 g/mol. The van der Waals surface area contributed by atoms with Crippen molar-refractivity contribution in [3.05, 3.63) is 35.4 Å². The maximum atomic E-state index is 12.1. The molecule has 0 aliphatic carbocycles. The third-order valence-electron chi connectivity index (χ3n) is 4.53. The third-order valence-corrected chi connectivity index (χ3v) is 4.53. The van der Waals surface area contributed by atoms with E-state index >= 15 is 0 Å². The number of piperidine rings is 1. The fourth-order valence-corrected chi connectivity index (χ4v) is 3.22. The summed E-state index contributed by atoms with van der Waals surface area (Å²) in [5.41, 5.74) is 1.89. The van der Waals surface area contributed by atoms with Gasteiger partial charge in [-0.2, -0.15) is 0 Å². The Morgan fingerprint density at radius 3 is 2.81 bits per heavy atom. The first kappa shape index (κ1) is 22.7. The molecule has 1 N–H and O–H groups in total. The lowest BCUT2D eigenvalue weighted by Crippen LogP contribution is -2.46. The quantitative estimate of drug-likeness (QED) is 0.407. The van der Waals surface area contributed by atoms with E-state index < -0.39 is 0 Å². The Morgan fingerprint density at radius 1 is 1.38 bits per heavy atom. The van der Waals surface area contributed by atoms with Crippen LogP contribution in [-0.4, -0.2) is 61.9 Å². The van der Waals surface area contributed by atoms with Gasteiger partial charge in [-0.3, -0.25) is 9.79 Å². The van der Waals surface area contributed by atoms with E-state index in [1.165, 1.54) is 12.8 Å². The van der Waals surface area contributed by atoms with Crippen LogP contribution in [0.1, 0.15) is 42.6 Å². The molecular formula is C20H33IN4O. The Bertz CT molecular complexity index is 603. The average molecular weight is 472 g/mol. The average Bonchev–Trinajstić information content (AvgIpc) is 2.60. The normalized spacial score (nSPS) is 17.5. The Kier molecular flexibility index (Phi) is 9.98. The van der Waals surface area contributed by atoms with Crippen molar-refractivity contribution >= 4 is 35.8 Å². The number of amides is 1. The van der Waals surface area contributed by atoms with E-state index in [2.05, 4.69) is 30.1 Å². The molecule has 1 saturated heterocycles. The molecule has 6 heteroatoms. The summed E-state index contributed by atoms with van der Waals surface area (Å²) in [6.07, 6.45) is 3.38. The molecule has 0 bridgehead atoms. The fraction of sp³-hybridized carbons (Fsp3) is 0.600. The van der Waals surface area contributed by atoms with Crippen LogP contribution in [0.4, 0.5) is 0 Å². The molecule has 0 saturated carbocycles. The van der Waals surface area contributed by atoms with Crippen molar-refractivity contribution in [1.29, 1.82) is 0 Å². The summed E-state index contributed by atoms with van der Waals surface area (Å²) in [5.74, 6) is 1.79. The number of likely N-dealkylation sites (tertiary alicyclic amines) is 1. The van der Waals surface area contributed by atoms with Gasteiger partial charge < -0.3 is 15.1 Å². The third kappa shape index (κ3) is 6.78. The minimum absolute atomic E-state index is 0. The van der Waals surface area contributed by atoms with Crippen LogP contribution in [0.25, 0.3) is 0 Å². The van der Waals surface area contributed by atoms with Crippen LogP contribution in [0.5, 0.6) is 0 Å². The summed E-state index contributed by atoms with van der Waals surface area (Å²) in [6, 6.07) is 7.87. The van der Waals surface area contributed by atoms with Crippen LogP contribution in [0, 0.1) is 5.92 Å². The van der Waals surface area contributed by atoms with Gasteiger partial charge in [0.1, 0.15) is 0 Å². The zero-order valence-corrected chi connectivity index (χ0v) is 18.8. The molecule has 0 spiro atoms. The molecule has 1 amide bonds. The SMILES string of the molecule is CCNC(=NCCc1cccc(C(=O)N(C)C)c1)N1CCCC(C)C1.I. The largest absolute Gasteiger partial charge is 0.357 e. The van der Waals surface area contributed by atoms with Gasteiger partial charge in [-0.1, -0.05) is 19.1 Å². The predicted octanol–water partition coefficient (Wildman–Crippen LogP) is 3.25. The van der Waals surface area contributed by atoms with Crippen molar-refractivity contribution in [2.24, 2.45) is 10.9 Å². The summed E-state index contributed by atoms with van der Waals surface area (Å²) in [5, 5.41) is 3.42. The number of aliphatic imine (C=N–C) groups is 1. The number of nitrogens with one attached hydrogen (secondary N) is 1. The molecule has 1 heterocycles. The van der Waals surface area contributed by atoms with Gasteiger partial charge in [0.25, 0.3) is 5.91 Å². The van der Waals surface area contributed by atoms with Crippen molar-refractivity contribution < 1.29 is 4.79 Å². The van der Waals surface area contributed by atoms with Crippen LogP contribution >= 0.6 is 24.0 Å². The van der Waals surface area contributed by atoms with Gasteiger partial charge in [-0.25, -0.2) is 0 Å². The molecule has 0 aromatic heterocycles. The second-order valence-electron chi connectivity index (χ2n) is 7.08. The first-order valence-corrected chi connectivity index (χ1v) is 9.35. The maximum absolute atomic E-state index is 12.1. The standard InChI is InChI=1S/C20H32N4O.HI/c1-5-21-20(24-13-7-8-16(2)15-24)22-12-11-17-9-6-10-18(14-17)19(25)23(3)4;/h6,9-10,14,16H,5,7-8,11-13,15H2,1-4H3,(H,21,22);1H. The smallest absolute Gasteiger partial charge is 0.253 e. The van der Waals surface area contributed by atoms with Crippen LogP contribution in [0.3, 0.4) is 0 Å². The zero-order chi connectivity index (χ0) is 18.2. The second kappa shape index (κ2) is 11.4. The van der Waals surface area contributed by atoms with E-state index in [1.807, 2.05) is 18.2 Å². The molecule has 5 nitrogen and oxygen atoms in total. The molecule has 1 aromatic carbocycles. The number of nitrogens with zero attached hydrogens (tertiary/aromatic N) is 3. The second-order valence-corrected chi connectivity index (χ2v) is 7.08. The summed E-state index contributed by atoms with van der Waals surface area (Å²) in [4.78, 5) is 20.9. The van der Waals surface area contributed by atoms with Crippen molar-refractivity contribution in [3.63, 3.8) is 0 Å². The van der Waals surface area contributed by atoms with Crippen LogP contribution in [0.15, 0.2) is 29.3 Å². The molecule has 1 fully saturated rings. The van der Waals surface area contributed by atoms with Crippen molar-refractivity contribution in [3.8, 4) is 0 Å². The number of hydrogen-bond acceptors (Lipinski definition) is 2. The monoisotopic (exact) mass is 472 g/mol. The summed E-state index contributed by atoms with van der Waals surface area (Å²) in [7, 11) is 3.56. The molecule has 1 aliphatic heterocycles. The van der Waals surface area contributed by atoms with E-state index in [1.54, 1.807) is 19.0 Å². The Labute approximate surface area is 175 Å². The van der Waals surface area contributed by atoms with Crippen LogP contribution in [-0.2, 0) is 6.42 Å². The van der Waals surface area contributed by atoms with Crippen LogP contribution in [0.2, 0.25) is 0 Å². The van der Waals surface area contributed by atoms with Gasteiger partial charge in [-0.05, 0) is 49.8 Å². The van der Waals surface area contributed by atoms with Gasteiger partial charge in [-0.15, -0.1) is 24.0 Å². The minimum atomic E-state index is 0. The molecule has 1 aromatic rings. The fourth-order valence-electron chi connectivity index (χ4n) is 3.22. The molecule has 1 aliphatic rings. The summed E-state index contributed by atoms with van der Waals surface area (Å²) < 4.78 is 0. The molecule has 26 heavy (non-hydrogen) atoms. The van der Waals surface area contributed by atoms with Crippen molar-refractivity contribution in [2.75, 3.05) is 40.3 Å². The van der Waals surface area contributed by atoms with Gasteiger partial charge >= 0.3 is 0 Å². The van der Waals surface area contributed by atoms with Gasteiger partial charge in [0.05, 0.1) is 0 Å². The highest BCUT2D eigenvalue weighted by Gasteiger charge is 2.19. The summed E-state index contributed by atoms with van der Waals surface area (Å²) in [6.45, 7) is 8.20. The minimum Gasteiger partial charge on any atom is -0.357 e. The number of benzene rings is 1. The van der Waals surface area contributed by atoms with Crippen LogP contribution < -0.4 is 5.32 Å². The Hall–Kier alpha value is -1.31. The lowest BCUT2D eigenvalue weighted by molar-refractivity contribution is 0.0827. The van der Waals surface area contributed by atoms with Gasteiger partial charge in [0.2, 0.25) is 0 Å². The Balaban J connectivity index is 0.00000338. The maximum Gasteiger partial charge on any atom is 0.253 e. The number of guanidine groups is 1. The molecule has 0 radical (unpaired) electrons. The first-order chi connectivity index (χ1) is 12.0. The number of carbonyl (C=O) groups is 1.